The Labute approximate surface area is 210 Å². The number of para-hydroxylation sites is 1. The minimum Gasteiger partial charge on any atom is -0.483 e. The Balaban J connectivity index is 1.34. The smallest absolute Gasteiger partial charge is 0.316 e. The third-order valence-electron chi connectivity index (χ3n) is 6.40. The monoisotopic (exact) mass is 485 g/mol. The molecule has 1 aliphatic rings. The number of anilines is 1. The SMILES string of the molecule is Cc1onc(-c2ccccc2)c1CN1CCN(c2cnn(-c3ccccc3)c(=O)c2OC(C)C)CC1. The molecule has 0 saturated carbocycles. The Morgan fingerprint density at radius 2 is 1.64 bits per heavy atom. The van der Waals surface area contributed by atoms with E-state index in [-0.39, 0.29) is 11.7 Å². The van der Waals surface area contributed by atoms with Crippen molar-refractivity contribution in [1.29, 1.82) is 0 Å². The van der Waals surface area contributed by atoms with E-state index in [1.165, 1.54) is 4.68 Å². The lowest BCUT2D eigenvalue weighted by atomic mass is 10.1. The standard InChI is InChI=1S/C28H31N5O3/c1-20(2)35-27-25(18-29-33(28(27)34)23-12-8-5-9-13-23)32-16-14-31(15-17-32)19-24-21(3)36-30-26(24)22-10-6-4-7-11-22/h4-13,18,20H,14-17,19H2,1-3H3. The molecule has 4 aromatic rings. The summed E-state index contributed by atoms with van der Waals surface area (Å²) in [5.41, 5.74) is 4.28. The molecule has 0 radical (unpaired) electrons. The van der Waals surface area contributed by atoms with Gasteiger partial charge in [0.1, 0.15) is 17.1 Å². The summed E-state index contributed by atoms with van der Waals surface area (Å²) in [6.45, 7) is 9.78. The third kappa shape index (κ3) is 4.90. The van der Waals surface area contributed by atoms with Gasteiger partial charge in [0.05, 0.1) is 18.0 Å². The molecule has 0 spiro atoms. The molecule has 3 heterocycles. The number of aromatic nitrogens is 3. The van der Waals surface area contributed by atoms with Crippen LogP contribution in [-0.2, 0) is 6.54 Å². The molecule has 2 aromatic carbocycles. The van der Waals surface area contributed by atoms with Crippen LogP contribution in [0.1, 0.15) is 25.2 Å². The first-order valence-electron chi connectivity index (χ1n) is 12.3. The largest absolute Gasteiger partial charge is 0.483 e. The molecule has 8 heteroatoms. The van der Waals surface area contributed by atoms with Crippen LogP contribution in [0.4, 0.5) is 5.69 Å². The summed E-state index contributed by atoms with van der Waals surface area (Å²) < 4.78 is 13.0. The van der Waals surface area contributed by atoms with E-state index in [2.05, 4.69) is 32.2 Å². The number of nitrogens with zero attached hydrogens (tertiary/aromatic N) is 5. The fourth-order valence-electron chi connectivity index (χ4n) is 4.52. The van der Waals surface area contributed by atoms with Crippen molar-refractivity contribution in [3.63, 3.8) is 0 Å². The quantitative estimate of drug-likeness (QED) is 0.386. The van der Waals surface area contributed by atoms with Crippen molar-refractivity contribution in [2.45, 2.75) is 33.4 Å². The van der Waals surface area contributed by atoms with Gasteiger partial charge in [-0.1, -0.05) is 53.7 Å². The molecule has 36 heavy (non-hydrogen) atoms. The molecule has 1 aliphatic heterocycles. The Hall–Kier alpha value is -3.91. The Morgan fingerprint density at radius 3 is 2.31 bits per heavy atom. The van der Waals surface area contributed by atoms with Crippen LogP contribution < -0.4 is 15.2 Å². The molecule has 0 aliphatic carbocycles. The molecule has 2 aromatic heterocycles. The van der Waals surface area contributed by atoms with Crippen molar-refractivity contribution in [1.82, 2.24) is 19.8 Å². The summed E-state index contributed by atoms with van der Waals surface area (Å²) in [5, 5.41) is 8.80. The zero-order chi connectivity index (χ0) is 25.1. The number of hydrogen-bond donors (Lipinski definition) is 0. The molecule has 1 saturated heterocycles. The van der Waals surface area contributed by atoms with Gasteiger partial charge in [-0.05, 0) is 32.9 Å². The average Bonchev–Trinajstić information content (AvgIpc) is 3.26. The van der Waals surface area contributed by atoms with E-state index in [1.807, 2.05) is 69.3 Å². The van der Waals surface area contributed by atoms with Crippen LogP contribution >= 0.6 is 0 Å². The molecule has 0 bridgehead atoms. The van der Waals surface area contributed by atoms with E-state index in [0.717, 1.165) is 61.0 Å². The summed E-state index contributed by atoms with van der Waals surface area (Å²) in [7, 11) is 0. The number of benzene rings is 2. The van der Waals surface area contributed by atoms with E-state index >= 15 is 0 Å². The second-order valence-corrected chi connectivity index (χ2v) is 9.27. The lowest BCUT2D eigenvalue weighted by molar-refractivity contribution is 0.231. The predicted octanol–water partition coefficient (Wildman–Crippen LogP) is 4.31. The Bertz CT molecular complexity index is 1360. The van der Waals surface area contributed by atoms with Crippen LogP contribution in [0, 0.1) is 6.92 Å². The lowest BCUT2D eigenvalue weighted by Gasteiger charge is -2.36. The van der Waals surface area contributed by atoms with Crippen LogP contribution in [0.2, 0.25) is 0 Å². The topological polar surface area (TPSA) is 76.6 Å². The third-order valence-corrected chi connectivity index (χ3v) is 6.40. The summed E-state index contributed by atoms with van der Waals surface area (Å²) in [5.74, 6) is 1.19. The van der Waals surface area contributed by atoms with Gasteiger partial charge in [0.25, 0.3) is 0 Å². The molecule has 0 unspecified atom stereocenters. The van der Waals surface area contributed by atoms with E-state index in [4.69, 9.17) is 9.26 Å². The normalized spacial score (nSPS) is 14.4. The van der Waals surface area contributed by atoms with Gasteiger partial charge >= 0.3 is 5.56 Å². The van der Waals surface area contributed by atoms with E-state index in [1.54, 1.807) is 6.20 Å². The van der Waals surface area contributed by atoms with Crippen molar-refractivity contribution >= 4 is 5.69 Å². The van der Waals surface area contributed by atoms with Crippen molar-refractivity contribution in [3.05, 3.63) is 88.5 Å². The fraction of sp³-hybridized carbons (Fsp3) is 0.321. The van der Waals surface area contributed by atoms with Gasteiger partial charge in [0, 0.05) is 43.9 Å². The second kappa shape index (κ2) is 10.4. The van der Waals surface area contributed by atoms with Gasteiger partial charge in [0.2, 0.25) is 5.75 Å². The summed E-state index contributed by atoms with van der Waals surface area (Å²) in [6.07, 6.45) is 1.62. The fourth-order valence-corrected chi connectivity index (χ4v) is 4.52. The highest BCUT2D eigenvalue weighted by molar-refractivity contribution is 5.63. The molecule has 1 fully saturated rings. The maximum Gasteiger partial charge on any atom is 0.316 e. The lowest BCUT2D eigenvalue weighted by Crippen LogP contribution is -2.46. The maximum atomic E-state index is 13.4. The highest BCUT2D eigenvalue weighted by Gasteiger charge is 2.26. The first-order chi connectivity index (χ1) is 17.5. The number of ether oxygens (including phenoxy) is 1. The van der Waals surface area contributed by atoms with Crippen LogP contribution in [0.5, 0.6) is 5.75 Å². The zero-order valence-electron chi connectivity index (χ0n) is 20.9. The molecule has 0 atom stereocenters. The molecule has 186 valence electrons. The molecular formula is C28H31N5O3. The minimum atomic E-state index is -0.248. The maximum absolute atomic E-state index is 13.4. The van der Waals surface area contributed by atoms with Crippen LogP contribution in [0.3, 0.4) is 0 Å². The van der Waals surface area contributed by atoms with Gasteiger partial charge in [-0.3, -0.25) is 9.69 Å². The van der Waals surface area contributed by atoms with E-state index in [9.17, 15) is 4.79 Å². The average molecular weight is 486 g/mol. The predicted molar refractivity (Wildman–Crippen MR) is 140 cm³/mol. The number of hydrogen-bond acceptors (Lipinski definition) is 7. The second-order valence-electron chi connectivity index (χ2n) is 9.27. The number of piperazine rings is 1. The minimum absolute atomic E-state index is 0.127. The van der Waals surface area contributed by atoms with Gasteiger partial charge < -0.3 is 14.2 Å². The highest BCUT2D eigenvalue weighted by atomic mass is 16.5. The summed E-state index contributed by atoms with van der Waals surface area (Å²) in [4.78, 5) is 18.0. The van der Waals surface area contributed by atoms with Crippen LogP contribution in [-0.4, -0.2) is 52.1 Å². The van der Waals surface area contributed by atoms with E-state index in [0.29, 0.717) is 11.4 Å². The van der Waals surface area contributed by atoms with Crippen LogP contribution in [0.15, 0.2) is 76.2 Å². The molecule has 0 N–H and O–H groups in total. The number of rotatable bonds is 7. The zero-order valence-corrected chi connectivity index (χ0v) is 20.9. The van der Waals surface area contributed by atoms with Crippen molar-refractivity contribution in [2.24, 2.45) is 0 Å². The Morgan fingerprint density at radius 1 is 0.972 bits per heavy atom. The first-order valence-corrected chi connectivity index (χ1v) is 12.3. The van der Waals surface area contributed by atoms with Gasteiger partial charge in [0.15, 0.2) is 0 Å². The van der Waals surface area contributed by atoms with Crippen molar-refractivity contribution in [2.75, 3.05) is 31.1 Å². The van der Waals surface area contributed by atoms with Crippen LogP contribution in [0.25, 0.3) is 16.9 Å². The summed E-state index contributed by atoms with van der Waals surface area (Å²) in [6, 6.07) is 19.6. The first kappa shape index (κ1) is 23.8. The van der Waals surface area contributed by atoms with Gasteiger partial charge in [-0.15, -0.1) is 0 Å². The van der Waals surface area contributed by atoms with Gasteiger partial charge in [-0.25, -0.2) is 0 Å². The summed E-state index contributed by atoms with van der Waals surface area (Å²) >= 11 is 0. The van der Waals surface area contributed by atoms with Crippen molar-refractivity contribution < 1.29 is 9.26 Å². The molecule has 8 nitrogen and oxygen atoms in total. The highest BCUT2D eigenvalue weighted by Crippen LogP contribution is 2.29. The molecule has 5 rings (SSSR count). The van der Waals surface area contributed by atoms with E-state index < -0.39 is 0 Å². The van der Waals surface area contributed by atoms with Crippen molar-refractivity contribution in [3.8, 4) is 22.7 Å². The number of aryl methyl sites for hydroxylation is 1. The Kier molecular flexibility index (Phi) is 6.86. The molecule has 0 amide bonds. The van der Waals surface area contributed by atoms with Gasteiger partial charge in [-0.2, -0.15) is 9.78 Å². The molecular weight excluding hydrogens is 454 g/mol.